The van der Waals surface area contributed by atoms with Gasteiger partial charge in [0.25, 0.3) is 0 Å². The molecule has 3 heterocycles. The van der Waals surface area contributed by atoms with Crippen LogP contribution in [0.15, 0.2) is 11.1 Å². The molecular weight excluding hydrogens is 348 g/mol. The minimum absolute atomic E-state index is 0.0709. The number of carbonyl (C=O) groups excluding carboxylic acids is 1. The Morgan fingerprint density at radius 1 is 1.26 bits per heavy atom. The summed E-state index contributed by atoms with van der Waals surface area (Å²) in [6.07, 6.45) is 1.42. The van der Waals surface area contributed by atoms with Crippen molar-refractivity contribution in [1.82, 2.24) is 0 Å². The lowest BCUT2D eigenvalue weighted by atomic mass is 9.45. The summed E-state index contributed by atoms with van der Waals surface area (Å²) in [6, 6.07) is 0. The first-order valence-electron chi connectivity index (χ1n) is 10.5. The molecule has 0 bridgehead atoms. The van der Waals surface area contributed by atoms with Crippen LogP contribution in [0.4, 0.5) is 0 Å². The van der Waals surface area contributed by atoms with Gasteiger partial charge in [-0.1, -0.05) is 20.8 Å². The normalized spacial score (nSPS) is 57.3. The second-order valence-electron chi connectivity index (χ2n) is 9.81. The number of cyclic esters (lactones) is 1. The second-order valence-corrected chi connectivity index (χ2v) is 9.81. The number of epoxide rings is 2. The summed E-state index contributed by atoms with van der Waals surface area (Å²) >= 11 is 0. The molecule has 9 atom stereocenters. The van der Waals surface area contributed by atoms with Crippen LogP contribution >= 0.6 is 0 Å². The van der Waals surface area contributed by atoms with Gasteiger partial charge in [-0.3, -0.25) is 0 Å². The third-order valence-electron chi connectivity index (χ3n) is 9.00. The van der Waals surface area contributed by atoms with Crippen molar-refractivity contribution in [2.24, 2.45) is 23.2 Å². The van der Waals surface area contributed by atoms with Crippen LogP contribution in [-0.2, 0) is 19.0 Å². The lowest BCUT2D eigenvalue weighted by molar-refractivity contribution is -0.136. The van der Waals surface area contributed by atoms with Crippen LogP contribution in [0.3, 0.4) is 0 Å². The van der Waals surface area contributed by atoms with Crippen LogP contribution in [0.5, 0.6) is 0 Å². The molecule has 0 unspecified atom stereocenters. The van der Waals surface area contributed by atoms with Gasteiger partial charge >= 0.3 is 5.97 Å². The maximum atomic E-state index is 12.1. The fourth-order valence-electron chi connectivity index (χ4n) is 7.84. The average molecular weight is 376 g/mol. The summed E-state index contributed by atoms with van der Waals surface area (Å²) in [5.41, 5.74) is 0.413. The summed E-state index contributed by atoms with van der Waals surface area (Å²) in [5, 5.41) is 22.5. The molecular formula is C21H28O6. The van der Waals surface area contributed by atoms with Crippen molar-refractivity contribution in [3.63, 3.8) is 0 Å². The van der Waals surface area contributed by atoms with Gasteiger partial charge < -0.3 is 24.4 Å². The highest BCUT2D eigenvalue weighted by Crippen LogP contribution is 2.80. The Morgan fingerprint density at radius 2 is 2.04 bits per heavy atom. The summed E-state index contributed by atoms with van der Waals surface area (Å²) in [6.45, 7) is 6.63. The Morgan fingerprint density at radius 3 is 2.74 bits per heavy atom. The summed E-state index contributed by atoms with van der Waals surface area (Å²) in [4.78, 5) is 12.1. The van der Waals surface area contributed by atoms with E-state index in [-0.39, 0.29) is 41.3 Å². The molecule has 4 fully saturated rings. The van der Waals surface area contributed by atoms with Crippen LogP contribution in [-0.4, -0.2) is 58.4 Å². The minimum Gasteiger partial charge on any atom is -0.458 e. The molecule has 2 N–H and O–H groups in total. The van der Waals surface area contributed by atoms with Crippen molar-refractivity contribution in [2.45, 2.75) is 82.1 Å². The van der Waals surface area contributed by atoms with Crippen LogP contribution in [0.2, 0.25) is 0 Å². The number of hydrogen-bond acceptors (Lipinski definition) is 6. The predicted molar refractivity (Wildman–Crippen MR) is 93.6 cm³/mol. The SMILES string of the molecule is CC[C@]12CCC3=C(COC3=O)[C@@H]1C[C@@H]1O[C@@]13[C@H](O)[C@H](C(C)C)[C@@H](O)[C@@H]1O[C@]123. The molecule has 0 amide bonds. The molecule has 3 aliphatic carbocycles. The van der Waals surface area contributed by atoms with Gasteiger partial charge in [0.05, 0.1) is 18.3 Å². The van der Waals surface area contributed by atoms with Gasteiger partial charge in [0.2, 0.25) is 0 Å². The quantitative estimate of drug-likeness (QED) is 0.558. The van der Waals surface area contributed by atoms with Gasteiger partial charge in [-0.25, -0.2) is 4.79 Å². The number of fused-ring (bicyclic) bond motifs is 2. The highest BCUT2D eigenvalue weighted by molar-refractivity contribution is 5.92. The molecule has 0 aromatic carbocycles. The van der Waals surface area contributed by atoms with E-state index in [9.17, 15) is 15.0 Å². The van der Waals surface area contributed by atoms with Crippen molar-refractivity contribution in [1.29, 1.82) is 0 Å². The number of aliphatic hydroxyl groups is 2. The highest BCUT2D eigenvalue weighted by atomic mass is 16.7. The molecule has 3 aliphatic heterocycles. The van der Waals surface area contributed by atoms with E-state index in [1.165, 1.54) is 0 Å². The Bertz CT molecular complexity index is 775. The highest BCUT2D eigenvalue weighted by Gasteiger charge is 2.95. The van der Waals surface area contributed by atoms with Gasteiger partial charge in [0, 0.05) is 16.9 Å². The maximum absolute atomic E-state index is 12.1. The number of aliphatic hydroxyl groups excluding tert-OH is 2. The zero-order chi connectivity index (χ0) is 18.9. The first-order chi connectivity index (χ1) is 12.9. The third-order valence-corrected chi connectivity index (χ3v) is 9.00. The van der Waals surface area contributed by atoms with E-state index in [1.807, 2.05) is 13.8 Å². The molecule has 2 saturated carbocycles. The second kappa shape index (κ2) is 4.78. The first-order valence-corrected chi connectivity index (χ1v) is 10.5. The topological polar surface area (TPSA) is 91.8 Å². The molecule has 2 spiro atoms. The van der Waals surface area contributed by atoms with E-state index in [4.69, 9.17) is 14.2 Å². The zero-order valence-corrected chi connectivity index (χ0v) is 16.1. The van der Waals surface area contributed by atoms with Gasteiger partial charge in [-0.15, -0.1) is 0 Å². The average Bonchev–Trinajstić information content (AvgIpc) is 3.51. The number of rotatable bonds is 2. The fraction of sp³-hybridized carbons (Fsp3) is 0.857. The molecule has 0 aromatic rings. The van der Waals surface area contributed by atoms with E-state index in [0.29, 0.717) is 13.0 Å². The first kappa shape index (κ1) is 17.0. The van der Waals surface area contributed by atoms with Crippen molar-refractivity contribution in [3.8, 4) is 0 Å². The lowest BCUT2D eigenvalue weighted by Crippen LogP contribution is -2.70. The molecule has 6 rings (SSSR count). The summed E-state index contributed by atoms with van der Waals surface area (Å²) < 4.78 is 18.1. The molecule has 6 nitrogen and oxygen atoms in total. The van der Waals surface area contributed by atoms with Gasteiger partial charge in [0.15, 0.2) is 5.60 Å². The molecule has 2 saturated heterocycles. The van der Waals surface area contributed by atoms with E-state index >= 15 is 0 Å². The van der Waals surface area contributed by atoms with Crippen LogP contribution < -0.4 is 0 Å². The van der Waals surface area contributed by atoms with Gasteiger partial charge in [0.1, 0.15) is 18.3 Å². The van der Waals surface area contributed by atoms with Crippen LogP contribution in [0.1, 0.15) is 46.5 Å². The number of hydrogen-bond donors (Lipinski definition) is 2. The molecule has 6 heteroatoms. The zero-order valence-electron chi connectivity index (χ0n) is 16.1. The smallest absolute Gasteiger partial charge is 0.334 e. The van der Waals surface area contributed by atoms with Crippen LogP contribution in [0, 0.1) is 23.2 Å². The standard InChI is InChI=1S/C21H28O6/c1-4-19-6-5-10-11(8-25-18(10)24)12(19)7-13-20(26-13)16(23)14(9(2)3)15(22)17-21(19,20)27-17/h9,12-17,22-23H,4-8H2,1-3H3/t12-,13-,14+,15+,16+,17-,19-,20+,21+/m0/s1. The van der Waals surface area contributed by atoms with Crippen molar-refractivity contribution >= 4 is 5.97 Å². The van der Waals surface area contributed by atoms with Crippen molar-refractivity contribution in [3.05, 3.63) is 11.1 Å². The third kappa shape index (κ3) is 1.54. The molecule has 6 aliphatic rings. The monoisotopic (exact) mass is 376 g/mol. The molecule has 0 aromatic heterocycles. The molecule has 27 heavy (non-hydrogen) atoms. The number of ether oxygens (including phenoxy) is 3. The Labute approximate surface area is 158 Å². The van der Waals surface area contributed by atoms with Crippen molar-refractivity contribution < 1.29 is 29.2 Å². The van der Waals surface area contributed by atoms with Gasteiger partial charge in [-0.2, -0.15) is 0 Å². The Balaban J connectivity index is 1.50. The summed E-state index contributed by atoms with van der Waals surface area (Å²) in [5.74, 6) is -0.0972. The summed E-state index contributed by atoms with van der Waals surface area (Å²) in [7, 11) is 0. The van der Waals surface area contributed by atoms with Crippen LogP contribution in [0.25, 0.3) is 0 Å². The molecule has 0 radical (unpaired) electrons. The number of esters is 1. The minimum atomic E-state index is -0.725. The molecule has 148 valence electrons. The van der Waals surface area contributed by atoms with E-state index < -0.39 is 23.4 Å². The predicted octanol–water partition coefficient (Wildman–Crippen LogP) is 1.33. The van der Waals surface area contributed by atoms with E-state index in [2.05, 4.69) is 6.92 Å². The van der Waals surface area contributed by atoms with Crippen molar-refractivity contribution in [2.75, 3.05) is 6.61 Å². The van der Waals surface area contributed by atoms with Gasteiger partial charge in [-0.05, 0) is 43.1 Å². The largest absolute Gasteiger partial charge is 0.458 e. The number of carbonyl (C=O) groups is 1. The van der Waals surface area contributed by atoms with E-state index in [0.717, 1.165) is 30.4 Å². The maximum Gasteiger partial charge on any atom is 0.334 e. The van der Waals surface area contributed by atoms with E-state index in [1.54, 1.807) is 0 Å². The lowest BCUT2D eigenvalue weighted by Gasteiger charge is -2.56. The Hall–Kier alpha value is -0.950. The fourth-order valence-corrected chi connectivity index (χ4v) is 7.84. The Kier molecular flexibility index (Phi) is 3.00.